The van der Waals surface area contributed by atoms with E-state index in [2.05, 4.69) is 17.3 Å². The van der Waals surface area contributed by atoms with Crippen molar-refractivity contribution < 1.29 is 9.90 Å². The average Bonchev–Trinajstić information content (AvgIpc) is 2.79. The van der Waals surface area contributed by atoms with Crippen molar-refractivity contribution in [3.05, 3.63) is 0 Å². The minimum Gasteiger partial charge on any atom is -0.481 e. The first-order valence-electron chi connectivity index (χ1n) is 5.26. The van der Waals surface area contributed by atoms with Gasteiger partial charge in [0.1, 0.15) is 0 Å². The lowest BCUT2D eigenvalue weighted by Crippen LogP contribution is -2.68. The maximum atomic E-state index is 10.8. The van der Waals surface area contributed by atoms with E-state index in [1.54, 1.807) is 0 Å². The van der Waals surface area contributed by atoms with E-state index >= 15 is 0 Å². The van der Waals surface area contributed by atoms with Crippen LogP contribution in [-0.2, 0) is 4.79 Å². The lowest BCUT2D eigenvalue weighted by Gasteiger charge is -2.48. The number of carboxylic acids is 1. The number of rotatable bonds is 5. The highest BCUT2D eigenvalue weighted by atomic mass is 16.4. The van der Waals surface area contributed by atoms with Crippen molar-refractivity contribution in [3.8, 4) is 0 Å². The van der Waals surface area contributed by atoms with Crippen LogP contribution in [0.3, 0.4) is 0 Å². The summed E-state index contributed by atoms with van der Waals surface area (Å²) in [5.74, 6) is 0.139. The molecule has 0 unspecified atom stereocenters. The smallest absolute Gasteiger partial charge is 0.305 e. The zero-order valence-corrected chi connectivity index (χ0v) is 8.62. The van der Waals surface area contributed by atoms with Crippen molar-refractivity contribution in [2.45, 2.75) is 24.8 Å². The van der Waals surface area contributed by atoms with E-state index in [-0.39, 0.29) is 12.0 Å². The molecule has 2 rings (SSSR count). The van der Waals surface area contributed by atoms with Crippen LogP contribution in [0.15, 0.2) is 0 Å². The molecule has 0 aromatic carbocycles. The van der Waals surface area contributed by atoms with Crippen LogP contribution in [0.4, 0.5) is 0 Å². The normalized spacial score (nSPS) is 24.7. The molecule has 0 spiro atoms. The van der Waals surface area contributed by atoms with Crippen LogP contribution < -0.4 is 5.32 Å². The molecule has 1 heterocycles. The highest BCUT2D eigenvalue weighted by molar-refractivity contribution is 5.68. The minimum absolute atomic E-state index is 0.103. The molecule has 1 aliphatic carbocycles. The average molecular weight is 198 g/mol. The Kier molecular flexibility index (Phi) is 2.49. The fraction of sp³-hybridized carbons (Fsp3) is 0.900. The van der Waals surface area contributed by atoms with Crippen LogP contribution in [0.2, 0.25) is 0 Å². The first kappa shape index (κ1) is 9.93. The number of nitrogens with zero attached hydrogens (tertiary/aromatic N) is 1. The topological polar surface area (TPSA) is 52.6 Å². The summed E-state index contributed by atoms with van der Waals surface area (Å²) in [4.78, 5) is 13.0. The van der Waals surface area contributed by atoms with Crippen LogP contribution in [0, 0.1) is 5.92 Å². The SMILES string of the molecule is CN(CC1CC1)C1(CC(=O)O)CNC1. The molecule has 2 fully saturated rings. The summed E-state index contributed by atoms with van der Waals surface area (Å²) in [6.45, 7) is 2.71. The quantitative estimate of drug-likeness (QED) is 0.660. The van der Waals surface area contributed by atoms with Gasteiger partial charge < -0.3 is 10.4 Å². The molecule has 4 heteroatoms. The zero-order chi connectivity index (χ0) is 10.2. The summed E-state index contributed by atoms with van der Waals surface area (Å²) in [5.41, 5.74) is -0.103. The Hall–Kier alpha value is -0.610. The Balaban J connectivity index is 1.91. The molecule has 0 atom stereocenters. The second kappa shape index (κ2) is 3.51. The van der Waals surface area contributed by atoms with Gasteiger partial charge in [0.15, 0.2) is 0 Å². The third-order valence-electron chi connectivity index (χ3n) is 3.43. The van der Waals surface area contributed by atoms with Gasteiger partial charge in [-0.25, -0.2) is 0 Å². The number of likely N-dealkylation sites (N-methyl/N-ethyl adjacent to an activating group) is 1. The Bertz CT molecular complexity index is 234. The fourth-order valence-corrected chi connectivity index (χ4v) is 2.11. The maximum Gasteiger partial charge on any atom is 0.305 e. The zero-order valence-electron chi connectivity index (χ0n) is 8.62. The van der Waals surface area contributed by atoms with Gasteiger partial charge in [0.25, 0.3) is 0 Å². The largest absolute Gasteiger partial charge is 0.481 e. The summed E-state index contributed by atoms with van der Waals surface area (Å²) >= 11 is 0. The predicted molar refractivity (Wildman–Crippen MR) is 53.2 cm³/mol. The van der Waals surface area contributed by atoms with E-state index < -0.39 is 5.97 Å². The van der Waals surface area contributed by atoms with E-state index in [0.29, 0.717) is 0 Å². The molecule has 2 aliphatic rings. The lowest BCUT2D eigenvalue weighted by atomic mass is 9.86. The number of hydrogen-bond acceptors (Lipinski definition) is 3. The van der Waals surface area contributed by atoms with Gasteiger partial charge in [-0.2, -0.15) is 0 Å². The molecule has 0 radical (unpaired) electrons. The molecule has 0 amide bonds. The maximum absolute atomic E-state index is 10.8. The van der Waals surface area contributed by atoms with E-state index in [4.69, 9.17) is 5.11 Å². The molecule has 14 heavy (non-hydrogen) atoms. The minimum atomic E-state index is -0.686. The van der Waals surface area contributed by atoms with Crippen molar-refractivity contribution >= 4 is 5.97 Å². The molecular weight excluding hydrogens is 180 g/mol. The molecule has 0 bridgehead atoms. The number of nitrogens with one attached hydrogen (secondary N) is 1. The van der Waals surface area contributed by atoms with Gasteiger partial charge in [-0.05, 0) is 25.8 Å². The van der Waals surface area contributed by atoms with Gasteiger partial charge in [-0.15, -0.1) is 0 Å². The van der Waals surface area contributed by atoms with E-state index in [1.807, 2.05) is 0 Å². The highest BCUT2D eigenvalue weighted by Crippen LogP contribution is 2.33. The third kappa shape index (κ3) is 1.91. The molecule has 0 aromatic heterocycles. The molecule has 1 saturated carbocycles. The number of carboxylic acid groups (broad SMARTS) is 1. The van der Waals surface area contributed by atoms with Gasteiger partial charge in [-0.3, -0.25) is 9.69 Å². The second-order valence-corrected chi connectivity index (χ2v) is 4.72. The molecule has 4 nitrogen and oxygen atoms in total. The molecular formula is C10H18N2O2. The van der Waals surface area contributed by atoms with Crippen molar-refractivity contribution in [3.63, 3.8) is 0 Å². The number of carbonyl (C=O) groups is 1. The van der Waals surface area contributed by atoms with Crippen LogP contribution in [0.1, 0.15) is 19.3 Å². The first-order valence-corrected chi connectivity index (χ1v) is 5.26. The summed E-state index contributed by atoms with van der Waals surface area (Å²) in [6.07, 6.45) is 2.91. The Labute approximate surface area is 84.3 Å². The summed E-state index contributed by atoms with van der Waals surface area (Å²) in [5, 5.41) is 12.0. The van der Waals surface area contributed by atoms with E-state index in [1.165, 1.54) is 12.8 Å². The van der Waals surface area contributed by atoms with Gasteiger partial charge in [-0.1, -0.05) is 0 Å². The van der Waals surface area contributed by atoms with Crippen molar-refractivity contribution in [1.29, 1.82) is 0 Å². The Morgan fingerprint density at radius 2 is 2.21 bits per heavy atom. The molecule has 80 valence electrons. The first-order chi connectivity index (χ1) is 6.62. The Morgan fingerprint density at radius 1 is 1.57 bits per heavy atom. The molecule has 0 aromatic rings. The monoisotopic (exact) mass is 198 g/mol. The van der Waals surface area contributed by atoms with Crippen LogP contribution in [0.25, 0.3) is 0 Å². The second-order valence-electron chi connectivity index (χ2n) is 4.72. The fourth-order valence-electron chi connectivity index (χ4n) is 2.11. The van der Waals surface area contributed by atoms with Crippen LogP contribution >= 0.6 is 0 Å². The van der Waals surface area contributed by atoms with Gasteiger partial charge in [0.05, 0.1) is 12.0 Å². The standard InChI is InChI=1S/C10H18N2O2/c1-12(5-8-2-3-8)10(4-9(13)14)6-11-7-10/h8,11H,2-7H2,1H3,(H,13,14). The van der Waals surface area contributed by atoms with Crippen LogP contribution in [-0.4, -0.2) is 48.2 Å². The van der Waals surface area contributed by atoms with Crippen molar-refractivity contribution in [2.24, 2.45) is 5.92 Å². The summed E-state index contributed by atoms with van der Waals surface area (Å²) in [7, 11) is 2.06. The number of aliphatic carboxylic acids is 1. The van der Waals surface area contributed by atoms with Crippen LogP contribution in [0.5, 0.6) is 0 Å². The third-order valence-corrected chi connectivity index (χ3v) is 3.43. The summed E-state index contributed by atoms with van der Waals surface area (Å²) < 4.78 is 0. The highest BCUT2D eigenvalue weighted by Gasteiger charge is 2.43. The molecule has 1 saturated heterocycles. The van der Waals surface area contributed by atoms with Crippen molar-refractivity contribution in [2.75, 3.05) is 26.7 Å². The van der Waals surface area contributed by atoms with Gasteiger partial charge >= 0.3 is 5.97 Å². The van der Waals surface area contributed by atoms with Gasteiger partial charge in [0.2, 0.25) is 0 Å². The molecule has 2 N–H and O–H groups in total. The predicted octanol–water partition coefficient (Wildman–Crippen LogP) is 0.145. The van der Waals surface area contributed by atoms with E-state index in [9.17, 15) is 4.79 Å². The lowest BCUT2D eigenvalue weighted by molar-refractivity contribution is -0.141. The van der Waals surface area contributed by atoms with Gasteiger partial charge in [0, 0.05) is 19.6 Å². The van der Waals surface area contributed by atoms with Crippen molar-refractivity contribution in [1.82, 2.24) is 10.2 Å². The molecule has 1 aliphatic heterocycles. The number of hydrogen-bond donors (Lipinski definition) is 2. The summed E-state index contributed by atoms with van der Waals surface area (Å²) in [6, 6.07) is 0. The van der Waals surface area contributed by atoms with E-state index in [0.717, 1.165) is 25.6 Å². The Morgan fingerprint density at radius 3 is 2.57 bits per heavy atom.